The number of ether oxygens (including phenoxy) is 1. The lowest BCUT2D eigenvalue weighted by Crippen LogP contribution is -2.12. The van der Waals surface area contributed by atoms with Crippen LogP contribution in [-0.2, 0) is 0 Å². The van der Waals surface area contributed by atoms with Crippen LogP contribution in [0.25, 0.3) is 0 Å². The van der Waals surface area contributed by atoms with Crippen molar-refractivity contribution >= 4 is 45.2 Å². The summed E-state index contributed by atoms with van der Waals surface area (Å²) in [5, 5.41) is 11.6. The lowest BCUT2D eigenvalue weighted by atomic mass is 10.3. The van der Waals surface area contributed by atoms with Gasteiger partial charge in [-0.15, -0.1) is 0 Å². The van der Waals surface area contributed by atoms with Crippen LogP contribution in [0.1, 0.15) is 0 Å². The molecular weight excluding hydrogens is 337 g/mol. The number of thioether (sulfide) groups is 1. The van der Waals surface area contributed by atoms with Crippen molar-refractivity contribution in [3.8, 4) is 11.9 Å². The van der Waals surface area contributed by atoms with E-state index < -0.39 is 0 Å². The molecule has 6 heteroatoms. The van der Waals surface area contributed by atoms with Crippen LogP contribution in [0.4, 0.5) is 5.69 Å². The molecule has 1 aromatic rings. The van der Waals surface area contributed by atoms with Crippen molar-refractivity contribution in [2.45, 2.75) is 0 Å². The van der Waals surface area contributed by atoms with E-state index >= 15 is 0 Å². The number of nitriles is 1. The standard InChI is InChI=1S/C10H10IN3OS/c1-15-9-4-3-7(5-8(9)11)14-10(16-2)13-6-12/h3-5H,1-2H3,(H,13,14). The zero-order chi connectivity index (χ0) is 12.0. The minimum atomic E-state index is 0.573. The largest absolute Gasteiger partial charge is 0.496 e. The summed E-state index contributed by atoms with van der Waals surface area (Å²) in [5.41, 5.74) is 0.789. The van der Waals surface area contributed by atoms with Crippen LogP contribution in [0.5, 0.6) is 5.75 Å². The molecule has 0 spiro atoms. The minimum Gasteiger partial charge on any atom is -0.496 e. The van der Waals surface area contributed by atoms with Crippen LogP contribution in [0.15, 0.2) is 23.2 Å². The van der Waals surface area contributed by atoms with Crippen molar-refractivity contribution in [1.82, 2.24) is 5.32 Å². The molecule has 4 nitrogen and oxygen atoms in total. The van der Waals surface area contributed by atoms with E-state index in [4.69, 9.17) is 10.00 Å². The number of hydrogen-bond donors (Lipinski definition) is 1. The van der Waals surface area contributed by atoms with E-state index in [2.05, 4.69) is 32.9 Å². The van der Waals surface area contributed by atoms with E-state index in [-0.39, 0.29) is 0 Å². The molecule has 0 fully saturated rings. The monoisotopic (exact) mass is 347 g/mol. The van der Waals surface area contributed by atoms with Gasteiger partial charge in [0.25, 0.3) is 0 Å². The maximum absolute atomic E-state index is 8.51. The van der Waals surface area contributed by atoms with Gasteiger partial charge >= 0.3 is 0 Å². The van der Waals surface area contributed by atoms with Crippen molar-refractivity contribution in [1.29, 1.82) is 5.26 Å². The average molecular weight is 347 g/mol. The first-order chi connectivity index (χ1) is 7.71. The lowest BCUT2D eigenvalue weighted by molar-refractivity contribution is 0.412. The maximum Gasteiger partial charge on any atom is 0.183 e. The smallest absolute Gasteiger partial charge is 0.183 e. The van der Waals surface area contributed by atoms with Gasteiger partial charge in [-0.1, -0.05) is 11.8 Å². The number of nitrogens with one attached hydrogen (secondary N) is 1. The van der Waals surface area contributed by atoms with E-state index in [0.29, 0.717) is 5.17 Å². The van der Waals surface area contributed by atoms with Gasteiger partial charge in [-0.25, -0.2) is 4.99 Å². The fourth-order valence-electron chi connectivity index (χ4n) is 1.01. The highest BCUT2D eigenvalue weighted by Crippen LogP contribution is 2.26. The van der Waals surface area contributed by atoms with Crippen LogP contribution >= 0.6 is 34.4 Å². The maximum atomic E-state index is 8.51. The Morgan fingerprint density at radius 3 is 2.88 bits per heavy atom. The molecule has 0 saturated carbocycles. The summed E-state index contributed by atoms with van der Waals surface area (Å²) >= 11 is 3.57. The number of rotatable bonds is 2. The van der Waals surface area contributed by atoms with Gasteiger partial charge in [-0.3, -0.25) is 5.32 Å². The minimum absolute atomic E-state index is 0.573. The van der Waals surface area contributed by atoms with Crippen molar-refractivity contribution in [3.05, 3.63) is 21.8 Å². The Morgan fingerprint density at radius 2 is 2.38 bits per heavy atom. The zero-order valence-electron chi connectivity index (χ0n) is 8.82. The average Bonchev–Trinajstić information content (AvgIpc) is 2.28. The molecule has 0 aliphatic rings. The summed E-state index contributed by atoms with van der Waals surface area (Å²) in [4.78, 5) is 4.29. The van der Waals surface area contributed by atoms with Crippen molar-refractivity contribution in [3.63, 3.8) is 0 Å². The summed E-state index contributed by atoms with van der Waals surface area (Å²) in [6.07, 6.45) is 3.71. The van der Waals surface area contributed by atoms with Gasteiger partial charge in [0.1, 0.15) is 5.75 Å². The Labute approximate surface area is 112 Å². The second-order valence-electron chi connectivity index (χ2n) is 2.68. The molecule has 0 radical (unpaired) electrons. The summed E-state index contributed by atoms with van der Waals surface area (Å²) in [5.74, 6) is 0.818. The molecule has 1 rings (SSSR count). The van der Waals surface area contributed by atoms with Crippen LogP contribution in [0.3, 0.4) is 0 Å². The predicted octanol–water partition coefficient (Wildman–Crippen LogP) is 2.72. The van der Waals surface area contributed by atoms with Crippen LogP contribution in [-0.4, -0.2) is 18.5 Å². The first kappa shape index (κ1) is 13.1. The molecule has 0 heterocycles. The first-order valence-electron chi connectivity index (χ1n) is 4.32. The fourth-order valence-corrected chi connectivity index (χ4v) is 2.08. The van der Waals surface area contributed by atoms with E-state index in [1.165, 1.54) is 11.8 Å². The second-order valence-corrected chi connectivity index (χ2v) is 4.63. The van der Waals surface area contributed by atoms with Gasteiger partial charge in [-0.05, 0) is 47.0 Å². The number of methoxy groups -OCH3 is 1. The van der Waals surface area contributed by atoms with Crippen LogP contribution in [0.2, 0.25) is 0 Å². The van der Waals surface area contributed by atoms with Gasteiger partial charge < -0.3 is 4.74 Å². The Kier molecular flexibility index (Phi) is 5.42. The highest BCUT2D eigenvalue weighted by atomic mass is 127. The fraction of sp³-hybridized carbons (Fsp3) is 0.200. The van der Waals surface area contributed by atoms with Gasteiger partial charge in [0.05, 0.1) is 16.4 Å². The normalized spacial score (nSPS) is 10.8. The number of benzene rings is 1. The number of amidine groups is 1. The Hall–Kier alpha value is -0.940. The summed E-state index contributed by atoms with van der Waals surface area (Å²) in [7, 11) is 1.63. The molecule has 1 N–H and O–H groups in total. The number of halogens is 1. The van der Waals surface area contributed by atoms with Gasteiger partial charge in [-0.2, -0.15) is 5.26 Å². The topological polar surface area (TPSA) is 57.4 Å². The van der Waals surface area contributed by atoms with E-state index in [1.807, 2.05) is 30.6 Å². The predicted molar refractivity (Wildman–Crippen MR) is 75.1 cm³/mol. The van der Waals surface area contributed by atoms with Crippen LogP contribution in [0, 0.1) is 15.0 Å². The van der Waals surface area contributed by atoms with Crippen molar-refractivity contribution < 1.29 is 4.74 Å². The number of aliphatic imine (C=N–C) groups is 1. The molecule has 0 atom stereocenters. The van der Waals surface area contributed by atoms with Crippen molar-refractivity contribution in [2.24, 2.45) is 4.99 Å². The molecular formula is C10H10IN3OS. The molecule has 0 amide bonds. The third-order valence-corrected chi connectivity index (χ3v) is 3.15. The summed E-state index contributed by atoms with van der Waals surface area (Å²) < 4.78 is 6.13. The molecule has 84 valence electrons. The van der Waals surface area contributed by atoms with E-state index in [0.717, 1.165) is 15.0 Å². The highest BCUT2D eigenvalue weighted by Gasteiger charge is 2.01. The lowest BCUT2D eigenvalue weighted by Gasteiger charge is -2.04. The van der Waals surface area contributed by atoms with Crippen LogP contribution < -0.4 is 10.1 Å². The molecule has 0 aliphatic heterocycles. The summed E-state index contributed by atoms with van der Waals surface area (Å²) in [6, 6.07) is 5.59. The van der Waals surface area contributed by atoms with Gasteiger partial charge in [0.2, 0.25) is 0 Å². The van der Waals surface area contributed by atoms with Gasteiger partial charge in [0, 0.05) is 0 Å². The SMILES string of the molecule is COc1ccc(N=C(NC#N)SC)cc1I. The Bertz CT molecular complexity index is 442. The van der Waals surface area contributed by atoms with E-state index in [1.54, 1.807) is 7.11 Å². The number of hydrogen-bond acceptors (Lipinski definition) is 4. The zero-order valence-corrected chi connectivity index (χ0v) is 11.8. The Morgan fingerprint density at radius 1 is 1.62 bits per heavy atom. The molecule has 0 bridgehead atoms. The first-order valence-corrected chi connectivity index (χ1v) is 6.63. The van der Waals surface area contributed by atoms with Gasteiger partial charge in [0.15, 0.2) is 11.4 Å². The summed E-state index contributed by atoms with van der Waals surface area (Å²) in [6.45, 7) is 0. The molecule has 1 aromatic carbocycles. The highest BCUT2D eigenvalue weighted by molar-refractivity contribution is 14.1. The third-order valence-electron chi connectivity index (χ3n) is 1.72. The Balaban J connectivity index is 2.97. The second kappa shape index (κ2) is 6.60. The molecule has 0 saturated heterocycles. The third kappa shape index (κ3) is 3.57. The molecule has 0 aliphatic carbocycles. The molecule has 0 aromatic heterocycles. The molecule has 0 unspecified atom stereocenters. The quantitative estimate of drug-likeness (QED) is 0.294. The van der Waals surface area contributed by atoms with E-state index in [9.17, 15) is 0 Å². The number of nitrogens with zero attached hydrogens (tertiary/aromatic N) is 2. The van der Waals surface area contributed by atoms with Crippen molar-refractivity contribution in [2.75, 3.05) is 13.4 Å². The molecule has 16 heavy (non-hydrogen) atoms.